The van der Waals surface area contributed by atoms with Gasteiger partial charge in [-0.1, -0.05) is 13.8 Å². The molecule has 1 unspecified atom stereocenters. The summed E-state index contributed by atoms with van der Waals surface area (Å²) in [7, 11) is 1.86. The van der Waals surface area contributed by atoms with Gasteiger partial charge < -0.3 is 10.2 Å². The van der Waals surface area contributed by atoms with Crippen molar-refractivity contribution in [1.29, 1.82) is 0 Å². The zero-order valence-corrected chi connectivity index (χ0v) is 11.4. The fraction of sp³-hybridized carbons (Fsp3) is 0.692. The Balaban J connectivity index is 1.89. The molecule has 0 bridgehead atoms. The number of anilines is 1. The van der Waals surface area contributed by atoms with Crippen molar-refractivity contribution < 1.29 is 4.79 Å². The van der Waals surface area contributed by atoms with Crippen LogP contribution in [-0.2, 0) is 11.8 Å². The summed E-state index contributed by atoms with van der Waals surface area (Å²) in [6, 6.07) is -0.0241. The van der Waals surface area contributed by atoms with E-state index in [1.54, 1.807) is 10.9 Å². The molecule has 1 fully saturated rings. The molecule has 5 heteroatoms. The molecule has 1 saturated heterocycles. The highest BCUT2D eigenvalue weighted by Gasteiger charge is 2.32. The predicted molar refractivity (Wildman–Crippen MR) is 71.4 cm³/mol. The van der Waals surface area contributed by atoms with Crippen molar-refractivity contribution in [2.45, 2.75) is 32.7 Å². The monoisotopic (exact) mass is 250 g/mol. The zero-order valence-electron chi connectivity index (χ0n) is 11.4. The summed E-state index contributed by atoms with van der Waals surface area (Å²) in [4.78, 5) is 14.0. The van der Waals surface area contributed by atoms with Gasteiger partial charge in [0.25, 0.3) is 0 Å². The molecule has 0 aromatic carbocycles. The SMILES string of the molecule is CC(C)CCNC1CCN(c2cnn(C)c2)C1=O. The molecular formula is C13H22N4O. The number of carbonyl (C=O) groups is 1. The summed E-state index contributed by atoms with van der Waals surface area (Å²) in [5.74, 6) is 0.843. The van der Waals surface area contributed by atoms with Crippen molar-refractivity contribution in [2.24, 2.45) is 13.0 Å². The van der Waals surface area contributed by atoms with Gasteiger partial charge in [-0.25, -0.2) is 0 Å². The van der Waals surface area contributed by atoms with Crippen molar-refractivity contribution >= 4 is 11.6 Å². The molecule has 0 radical (unpaired) electrons. The number of nitrogens with zero attached hydrogens (tertiary/aromatic N) is 3. The lowest BCUT2D eigenvalue weighted by atomic mass is 10.1. The molecule has 2 heterocycles. The van der Waals surface area contributed by atoms with E-state index in [9.17, 15) is 4.79 Å². The second kappa shape index (κ2) is 5.52. The molecule has 100 valence electrons. The first kappa shape index (κ1) is 13.1. The first-order chi connectivity index (χ1) is 8.58. The van der Waals surface area contributed by atoms with Crippen molar-refractivity contribution in [3.05, 3.63) is 12.4 Å². The van der Waals surface area contributed by atoms with Gasteiger partial charge in [-0.2, -0.15) is 5.10 Å². The minimum Gasteiger partial charge on any atom is -0.308 e. The van der Waals surface area contributed by atoms with Crippen LogP contribution in [-0.4, -0.2) is 34.8 Å². The lowest BCUT2D eigenvalue weighted by molar-refractivity contribution is -0.118. The van der Waals surface area contributed by atoms with Crippen LogP contribution in [0.1, 0.15) is 26.7 Å². The maximum Gasteiger partial charge on any atom is 0.244 e. The lowest BCUT2D eigenvalue weighted by Gasteiger charge is -2.15. The Bertz CT molecular complexity index is 413. The Morgan fingerprint density at radius 3 is 2.94 bits per heavy atom. The number of carbonyl (C=O) groups excluding carboxylic acids is 1. The Morgan fingerprint density at radius 2 is 2.33 bits per heavy atom. The number of amides is 1. The molecular weight excluding hydrogens is 228 g/mol. The van der Waals surface area contributed by atoms with Crippen molar-refractivity contribution in [3.63, 3.8) is 0 Å². The average molecular weight is 250 g/mol. The molecule has 1 aliphatic rings. The number of aryl methyl sites for hydroxylation is 1. The Kier molecular flexibility index (Phi) is 4.01. The summed E-state index contributed by atoms with van der Waals surface area (Å²) in [5, 5.41) is 7.46. The minimum absolute atomic E-state index is 0.0241. The molecule has 0 saturated carbocycles. The number of rotatable bonds is 5. The van der Waals surface area contributed by atoms with Gasteiger partial charge in [-0.3, -0.25) is 9.48 Å². The van der Waals surface area contributed by atoms with E-state index in [0.29, 0.717) is 5.92 Å². The fourth-order valence-electron chi connectivity index (χ4n) is 2.22. The summed E-state index contributed by atoms with van der Waals surface area (Å²) in [6.07, 6.45) is 5.62. The van der Waals surface area contributed by atoms with Gasteiger partial charge >= 0.3 is 0 Å². The Labute approximate surface area is 108 Å². The van der Waals surface area contributed by atoms with E-state index in [2.05, 4.69) is 24.3 Å². The minimum atomic E-state index is -0.0241. The largest absolute Gasteiger partial charge is 0.308 e. The first-order valence-corrected chi connectivity index (χ1v) is 6.61. The smallest absolute Gasteiger partial charge is 0.244 e. The third-order valence-electron chi connectivity index (χ3n) is 3.32. The van der Waals surface area contributed by atoms with Crippen LogP contribution < -0.4 is 10.2 Å². The van der Waals surface area contributed by atoms with Gasteiger partial charge in [-0.15, -0.1) is 0 Å². The van der Waals surface area contributed by atoms with E-state index in [0.717, 1.165) is 31.6 Å². The summed E-state index contributed by atoms with van der Waals surface area (Å²) in [6.45, 7) is 6.08. The van der Waals surface area contributed by atoms with E-state index in [1.165, 1.54) is 0 Å². The van der Waals surface area contributed by atoms with E-state index < -0.39 is 0 Å². The van der Waals surface area contributed by atoms with Gasteiger partial charge in [0.15, 0.2) is 0 Å². The lowest BCUT2D eigenvalue weighted by Crippen LogP contribution is -2.38. The fourth-order valence-corrected chi connectivity index (χ4v) is 2.22. The van der Waals surface area contributed by atoms with Crippen LogP contribution in [0.2, 0.25) is 0 Å². The Hall–Kier alpha value is -1.36. The third-order valence-corrected chi connectivity index (χ3v) is 3.32. The third kappa shape index (κ3) is 2.90. The number of aromatic nitrogens is 2. The number of hydrogen-bond donors (Lipinski definition) is 1. The maximum absolute atomic E-state index is 12.2. The van der Waals surface area contributed by atoms with Gasteiger partial charge in [0, 0.05) is 19.8 Å². The normalized spacial score (nSPS) is 20.1. The quantitative estimate of drug-likeness (QED) is 0.853. The van der Waals surface area contributed by atoms with Gasteiger partial charge in [0.05, 0.1) is 17.9 Å². The molecule has 1 aromatic heterocycles. The van der Waals surface area contributed by atoms with Crippen molar-refractivity contribution in [2.75, 3.05) is 18.0 Å². The second-order valence-electron chi connectivity index (χ2n) is 5.34. The highest BCUT2D eigenvalue weighted by molar-refractivity contribution is 5.99. The summed E-state index contributed by atoms with van der Waals surface area (Å²) in [5.41, 5.74) is 0.899. The van der Waals surface area contributed by atoms with E-state index in [1.807, 2.05) is 18.1 Å². The molecule has 1 aromatic rings. The van der Waals surface area contributed by atoms with Gasteiger partial charge in [0.1, 0.15) is 0 Å². The molecule has 0 aliphatic carbocycles. The van der Waals surface area contributed by atoms with Crippen molar-refractivity contribution in [1.82, 2.24) is 15.1 Å². The molecule has 1 aliphatic heterocycles. The van der Waals surface area contributed by atoms with Gasteiger partial charge in [0.2, 0.25) is 5.91 Å². The highest BCUT2D eigenvalue weighted by atomic mass is 16.2. The van der Waals surface area contributed by atoms with Crippen LogP contribution >= 0.6 is 0 Å². The standard InChI is InChI=1S/C13H22N4O/c1-10(2)4-6-14-12-5-7-17(13(12)18)11-8-15-16(3)9-11/h8-10,12,14H,4-7H2,1-3H3. The van der Waals surface area contributed by atoms with E-state index in [4.69, 9.17) is 0 Å². The van der Waals surface area contributed by atoms with Crippen LogP contribution in [0, 0.1) is 5.92 Å². The topological polar surface area (TPSA) is 50.2 Å². The number of hydrogen-bond acceptors (Lipinski definition) is 3. The molecule has 1 atom stereocenters. The van der Waals surface area contributed by atoms with Crippen LogP contribution in [0.25, 0.3) is 0 Å². The van der Waals surface area contributed by atoms with Crippen molar-refractivity contribution in [3.8, 4) is 0 Å². The number of nitrogens with one attached hydrogen (secondary N) is 1. The average Bonchev–Trinajstić information content (AvgIpc) is 2.86. The van der Waals surface area contributed by atoms with E-state index in [-0.39, 0.29) is 11.9 Å². The zero-order chi connectivity index (χ0) is 13.1. The van der Waals surface area contributed by atoms with Gasteiger partial charge in [-0.05, 0) is 25.3 Å². The summed E-state index contributed by atoms with van der Waals surface area (Å²) >= 11 is 0. The van der Waals surface area contributed by atoms with Crippen LogP contribution in [0.4, 0.5) is 5.69 Å². The molecule has 5 nitrogen and oxygen atoms in total. The molecule has 0 spiro atoms. The van der Waals surface area contributed by atoms with E-state index >= 15 is 0 Å². The maximum atomic E-state index is 12.2. The van der Waals surface area contributed by atoms with Crippen LogP contribution in [0.3, 0.4) is 0 Å². The molecule has 2 rings (SSSR count). The molecule has 1 amide bonds. The van der Waals surface area contributed by atoms with Crippen LogP contribution in [0.5, 0.6) is 0 Å². The molecule has 18 heavy (non-hydrogen) atoms. The summed E-state index contributed by atoms with van der Waals surface area (Å²) < 4.78 is 1.72. The second-order valence-corrected chi connectivity index (χ2v) is 5.34. The highest BCUT2D eigenvalue weighted by Crippen LogP contribution is 2.20. The predicted octanol–water partition coefficient (Wildman–Crippen LogP) is 1.16. The van der Waals surface area contributed by atoms with Crippen LogP contribution in [0.15, 0.2) is 12.4 Å². The Morgan fingerprint density at radius 1 is 1.56 bits per heavy atom. The first-order valence-electron chi connectivity index (χ1n) is 6.61. The molecule has 1 N–H and O–H groups in total.